The second-order valence-electron chi connectivity index (χ2n) is 3.89. The third-order valence-electron chi connectivity index (χ3n) is 2.38. The summed E-state index contributed by atoms with van der Waals surface area (Å²) >= 11 is 0.823. The van der Waals surface area contributed by atoms with Gasteiger partial charge in [-0.25, -0.2) is 4.79 Å². The van der Waals surface area contributed by atoms with Crippen LogP contribution in [0.1, 0.15) is 17.3 Å². The summed E-state index contributed by atoms with van der Waals surface area (Å²) in [6.45, 7) is 1.22. The number of thioether (sulfide) groups is 1. The zero-order chi connectivity index (χ0) is 15.1. The number of methoxy groups -OCH3 is 1. The van der Waals surface area contributed by atoms with Gasteiger partial charge in [-0.05, 0) is 12.1 Å². The van der Waals surface area contributed by atoms with Crippen LogP contribution in [0.3, 0.4) is 0 Å². The number of ether oxygens (including phenoxy) is 1. The molecule has 0 aliphatic carbocycles. The number of hydrogen-bond donors (Lipinski definition) is 2. The average Bonchev–Trinajstić information content (AvgIpc) is 2.42. The maximum Gasteiger partial charge on any atom is 0.327 e. The zero-order valence-corrected chi connectivity index (χ0v) is 11.9. The second-order valence-corrected chi connectivity index (χ2v) is 4.88. The molecule has 0 heterocycles. The van der Waals surface area contributed by atoms with Gasteiger partial charge in [-0.3, -0.25) is 9.59 Å². The topological polar surface area (TPSA) is 92.7 Å². The molecule has 0 saturated carbocycles. The van der Waals surface area contributed by atoms with E-state index in [2.05, 4.69) is 5.32 Å². The molecule has 1 aromatic carbocycles. The van der Waals surface area contributed by atoms with Crippen molar-refractivity contribution in [2.75, 3.05) is 12.9 Å². The van der Waals surface area contributed by atoms with Gasteiger partial charge in [-0.2, -0.15) is 0 Å². The Kier molecular flexibility index (Phi) is 6.05. The van der Waals surface area contributed by atoms with E-state index in [4.69, 9.17) is 9.84 Å². The molecule has 1 amide bonds. The molecule has 2 N–H and O–H groups in total. The summed E-state index contributed by atoms with van der Waals surface area (Å²) in [5.41, 5.74) is 0.368. The van der Waals surface area contributed by atoms with Crippen LogP contribution >= 0.6 is 11.8 Å². The maximum atomic E-state index is 12.0. The molecule has 0 spiro atoms. The quantitative estimate of drug-likeness (QED) is 0.818. The van der Waals surface area contributed by atoms with Crippen LogP contribution in [0.5, 0.6) is 5.75 Å². The predicted molar refractivity (Wildman–Crippen MR) is 75.0 cm³/mol. The van der Waals surface area contributed by atoms with Gasteiger partial charge < -0.3 is 15.2 Å². The molecule has 0 unspecified atom stereocenters. The highest BCUT2D eigenvalue weighted by molar-refractivity contribution is 8.14. The van der Waals surface area contributed by atoms with Gasteiger partial charge in [0.15, 0.2) is 0 Å². The number of amides is 1. The molecule has 0 aliphatic rings. The predicted octanol–water partition coefficient (Wildman–Crippen LogP) is 1.16. The van der Waals surface area contributed by atoms with Gasteiger partial charge in [-0.1, -0.05) is 23.9 Å². The van der Waals surface area contributed by atoms with E-state index in [-0.39, 0.29) is 10.9 Å². The van der Waals surface area contributed by atoms with E-state index in [9.17, 15) is 14.4 Å². The van der Waals surface area contributed by atoms with E-state index in [1.165, 1.54) is 14.0 Å². The Hall–Kier alpha value is -2.02. The Morgan fingerprint density at radius 1 is 1.35 bits per heavy atom. The van der Waals surface area contributed by atoms with Crippen molar-refractivity contribution in [2.45, 2.75) is 13.0 Å². The number of para-hydroxylation sites is 1. The third-order valence-corrected chi connectivity index (χ3v) is 3.37. The van der Waals surface area contributed by atoms with Crippen molar-refractivity contribution in [3.05, 3.63) is 29.8 Å². The fraction of sp³-hybridized carbons (Fsp3) is 0.308. The molecule has 0 bridgehead atoms. The zero-order valence-electron chi connectivity index (χ0n) is 11.1. The summed E-state index contributed by atoms with van der Waals surface area (Å²) in [6.07, 6.45) is 0. The SMILES string of the molecule is COc1ccccc1C(=O)SC[C@H](NC(C)=O)C(=O)O. The first kappa shape index (κ1) is 16.0. The highest BCUT2D eigenvalue weighted by atomic mass is 32.2. The van der Waals surface area contributed by atoms with Gasteiger partial charge in [-0.15, -0.1) is 0 Å². The molecule has 6 nitrogen and oxygen atoms in total. The van der Waals surface area contributed by atoms with Crippen LogP contribution in [-0.4, -0.2) is 41.0 Å². The summed E-state index contributed by atoms with van der Waals surface area (Å²) < 4.78 is 5.07. The summed E-state index contributed by atoms with van der Waals surface area (Å²) in [5, 5.41) is 10.9. The smallest absolute Gasteiger partial charge is 0.327 e. The van der Waals surface area contributed by atoms with E-state index in [0.717, 1.165) is 11.8 Å². The number of carboxylic acids is 1. The van der Waals surface area contributed by atoms with Crippen LogP contribution in [0.2, 0.25) is 0 Å². The largest absolute Gasteiger partial charge is 0.496 e. The van der Waals surface area contributed by atoms with E-state index >= 15 is 0 Å². The van der Waals surface area contributed by atoms with Crippen LogP contribution in [-0.2, 0) is 9.59 Å². The van der Waals surface area contributed by atoms with Crippen molar-refractivity contribution >= 4 is 28.8 Å². The summed E-state index contributed by atoms with van der Waals surface area (Å²) in [4.78, 5) is 33.8. The number of aliphatic carboxylic acids is 1. The lowest BCUT2D eigenvalue weighted by Crippen LogP contribution is -2.41. The number of carbonyl (C=O) groups is 3. The van der Waals surface area contributed by atoms with E-state index in [0.29, 0.717) is 11.3 Å². The minimum Gasteiger partial charge on any atom is -0.496 e. The summed E-state index contributed by atoms with van der Waals surface area (Å²) in [7, 11) is 1.45. The molecule has 1 atom stereocenters. The van der Waals surface area contributed by atoms with Gasteiger partial charge >= 0.3 is 5.97 Å². The molecular weight excluding hydrogens is 282 g/mol. The molecule has 0 saturated heterocycles. The van der Waals surface area contributed by atoms with Crippen molar-refractivity contribution in [1.29, 1.82) is 0 Å². The summed E-state index contributed by atoms with van der Waals surface area (Å²) in [5.74, 6) is -1.26. The van der Waals surface area contributed by atoms with Crippen molar-refractivity contribution in [3.8, 4) is 5.75 Å². The van der Waals surface area contributed by atoms with Gasteiger partial charge in [0.05, 0.1) is 12.7 Å². The van der Waals surface area contributed by atoms with Crippen LogP contribution in [0.4, 0.5) is 0 Å². The van der Waals surface area contributed by atoms with E-state index in [1.807, 2.05) is 0 Å². The number of carboxylic acid groups (broad SMARTS) is 1. The molecule has 1 rings (SSSR count). The highest BCUT2D eigenvalue weighted by Crippen LogP contribution is 2.23. The first-order valence-electron chi connectivity index (χ1n) is 5.75. The van der Waals surface area contributed by atoms with Crippen molar-refractivity contribution in [1.82, 2.24) is 5.32 Å². The second kappa shape index (κ2) is 7.54. The fourth-order valence-electron chi connectivity index (χ4n) is 1.47. The first-order chi connectivity index (χ1) is 9.45. The number of hydrogen-bond acceptors (Lipinski definition) is 5. The van der Waals surface area contributed by atoms with Crippen LogP contribution < -0.4 is 10.1 Å². The fourth-order valence-corrected chi connectivity index (χ4v) is 2.34. The van der Waals surface area contributed by atoms with E-state index < -0.39 is 17.9 Å². The Morgan fingerprint density at radius 2 is 2.00 bits per heavy atom. The minimum atomic E-state index is -1.18. The van der Waals surface area contributed by atoms with Crippen LogP contribution in [0.15, 0.2) is 24.3 Å². The maximum absolute atomic E-state index is 12.0. The number of nitrogens with one attached hydrogen (secondary N) is 1. The van der Waals surface area contributed by atoms with Gasteiger partial charge in [0.2, 0.25) is 11.0 Å². The summed E-state index contributed by atoms with van der Waals surface area (Å²) in [6, 6.07) is 5.57. The van der Waals surface area contributed by atoms with E-state index in [1.54, 1.807) is 24.3 Å². The third kappa shape index (κ3) is 4.58. The molecular formula is C13H15NO5S. The van der Waals surface area contributed by atoms with Crippen LogP contribution in [0.25, 0.3) is 0 Å². The average molecular weight is 297 g/mol. The monoisotopic (exact) mass is 297 g/mol. The molecule has 1 aromatic rings. The normalized spacial score (nSPS) is 11.5. The Labute approximate surface area is 120 Å². The molecule has 0 radical (unpaired) electrons. The van der Waals surface area contributed by atoms with Gasteiger partial charge in [0.1, 0.15) is 11.8 Å². The Morgan fingerprint density at radius 3 is 2.55 bits per heavy atom. The minimum absolute atomic E-state index is 0.0498. The molecule has 20 heavy (non-hydrogen) atoms. The number of carbonyl (C=O) groups excluding carboxylic acids is 2. The molecule has 0 fully saturated rings. The lowest BCUT2D eigenvalue weighted by Gasteiger charge is -2.12. The Balaban J connectivity index is 2.70. The number of rotatable bonds is 6. The van der Waals surface area contributed by atoms with Crippen molar-refractivity contribution in [3.63, 3.8) is 0 Å². The first-order valence-corrected chi connectivity index (χ1v) is 6.74. The lowest BCUT2D eigenvalue weighted by atomic mass is 10.2. The van der Waals surface area contributed by atoms with Gasteiger partial charge in [0, 0.05) is 12.7 Å². The standard InChI is InChI=1S/C13H15NO5S/c1-8(15)14-10(12(16)17)7-20-13(18)9-5-3-4-6-11(9)19-2/h3-6,10H,7H2,1-2H3,(H,14,15)(H,16,17)/t10-/m0/s1. The van der Waals surface area contributed by atoms with Crippen molar-refractivity contribution < 1.29 is 24.2 Å². The van der Waals surface area contributed by atoms with Crippen molar-refractivity contribution in [2.24, 2.45) is 0 Å². The molecule has 0 aliphatic heterocycles. The lowest BCUT2D eigenvalue weighted by molar-refractivity contribution is -0.140. The Bertz CT molecular complexity index is 517. The molecule has 0 aromatic heterocycles. The van der Waals surface area contributed by atoms with Crippen LogP contribution in [0, 0.1) is 0 Å². The highest BCUT2D eigenvalue weighted by Gasteiger charge is 2.21. The number of benzene rings is 1. The molecule has 7 heteroatoms. The molecule has 108 valence electrons. The van der Waals surface area contributed by atoms with Gasteiger partial charge in [0.25, 0.3) is 0 Å².